The predicted octanol–water partition coefficient (Wildman–Crippen LogP) is 4.18. The molecule has 25 heavy (non-hydrogen) atoms. The van der Waals surface area contributed by atoms with Gasteiger partial charge in [0.15, 0.2) is 5.78 Å². The molecule has 2 aromatic carbocycles. The Labute approximate surface area is 154 Å². The molecule has 0 saturated carbocycles. The van der Waals surface area contributed by atoms with Gasteiger partial charge in [-0.05, 0) is 25.1 Å². The molecule has 0 saturated heterocycles. The lowest BCUT2D eigenvalue weighted by Crippen LogP contribution is -2.40. The Morgan fingerprint density at radius 2 is 1.80 bits per heavy atom. The Morgan fingerprint density at radius 3 is 2.44 bits per heavy atom. The first kappa shape index (κ1) is 17.5. The molecular formula is C20H17BrO4. The summed E-state index contributed by atoms with van der Waals surface area (Å²) < 4.78 is 6.14. The van der Waals surface area contributed by atoms with Crippen molar-refractivity contribution in [3.05, 3.63) is 64.1 Å². The largest absolute Gasteiger partial charge is 0.426 e. The molecule has 128 valence electrons. The van der Waals surface area contributed by atoms with E-state index in [-0.39, 0.29) is 11.6 Å². The second kappa shape index (κ2) is 6.92. The summed E-state index contributed by atoms with van der Waals surface area (Å²) in [7, 11) is 0. The number of benzene rings is 2. The Hall–Kier alpha value is -2.27. The van der Waals surface area contributed by atoms with Gasteiger partial charge in [-0.25, -0.2) is 0 Å². The van der Waals surface area contributed by atoms with Crippen LogP contribution in [0.25, 0.3) is 0 Å². The van der Waals surface area contributed by atoms with Gasteiger partial charge in [0, 0.05) is 27.4 Å². The van der Waals surface area contributed by atoms with E-state index in [1.165, 1.54) is 6.92 Å². The zero-order valence-electron chi connectivity index (χ0n) is 13.9. The summed E-state index contributed by atoms with van der Waals surface area (Å²) >= 11 is 3.41. The van der Waals surface area contributed by atoms with Gasteiger partial charge in [-0.15, -0.1) is 0 Å². The van der Waals surface area contributed by atoms with Gasteiger partial charge < -0.3 is 4.74 Å². The molecule has 1 aliphatic heterocycles. The summed E-state index contributed by atoms with van der Waals surface area (Å²) in [6.45, 7) is 3.13. The van der Waals surface area contributed by atoms with Crippen LogP contribution in [0.5, 0.6) is 5.75 Å². The lowest BCUT2D eigenvalue weighted by Gasteiger charge is -2.34. The molecule has 3 rings (SSSR count). The molecule has 5 heteroatoms. The quantitative estimate of drug-likeness (QED) is 0.334. The third-order valence-electron chi connectivity index (χ3n) is 4.60. The minimum absolute atomic E-state index is 0.0996. The van der Waals surface area contributed by atoms with Gasteiger partial charge in [0.05, 0.1) is 0 Å². The van der Waals surface area contributed by atoms with E-state index >= 15 is 0 Å². The summed E-state index contributed by atoms with van der Waals surface area (Å²) in [4.78, 5) is 37.5. The maximum absolute atomic E-state index is 12.9. The Balaban J connectivity index is 2.09. The second-order valence-corrected chi connectivity index (χ2v) is 7.15. The molecule has 0 spiro atoms. The van der Waals surface area contributed by atoms with E-state index in [1.807, 2.05) is 12.1 Å². The number of hydrogen-bond acceptors (Lipinski definition) is 4. The van der Waals surface area contributed by atoms with Crippen molar-refractivity contribution in [2.75, 3.05) is 0 Å². The third-order valence-corrected chi connectivity index (χ3v) is 5.10. The van der Waals surface area contributed by atoms with Gasteiger partial charge in [-0.3, -0.25) is 14.4 Å². The Bertz CT molecular complexity index is 844. The van der Waals surface area contributed by atoms with E-state index in [0.29, 0.717) is 16.9 Å². The zero-order valence-corrected chi connectivity index (χ0v) is 15.4. The number of esters is 1. The molecule has 1 heterocycles. The monoisotopic (exact) mass is 400 g/mol. The van der Waals surface area contributed by atoms with E-state index < -0.39 is 23.7 Å². The van der Waals surface area contributed by atoms with Crippen LogP contribution < -0.4 is 4.74 Å². The third kappa shape index (κ3) is 3.29. The highest BCUT2D eigenvalue weighted by molar-refractivity contribution is 9.10. The van der Waals surface area contributed by atoms with Crippen LogP contribution in [0.15, 0.2) is 53.0 Å². The average Bonchev–Trinajstić information content (AvgIpc) is 2.60. The molecule has 0 unspecified atom stereocenters. The lowest BCUT2D eigenvalue weighted by atomic mass is 9.72. The zero-order chi connectivity index (χ0) is 18.1. The fraction of sp³-hybridized carbons (Fsp3) is 0.250. The number of ketones is 2. The first-order chi connectivity index (χ1) is 11.9. The number of carbonyl (C=O) groups is 3. The molecular weight excluding hydrogens is 384 g/mol. The van der Waals surface area contributed by atoms with Crippen LogP contribution in [0.3, 0.4) is 0 Å². The molecule has 4 nitrogen and oxygen atoms in total. The number of fused-ring (bicyclic) bond motifs is 1. The summed E-state index contributed by atoms with van der Waals surface area (Å²) in [6, 6.07) is 14.2. The first-order valence-electron chi connectivity index (χ1n) is 8.01. The van der Waals surface area contributed by atoms with Gasteiger partial charge in [-0.1, -0.05) is 53.2 Å². The van der Waals surface area contributed by atoms with Crippen molar-refractivity contribution in [1.29, 1.82) is 0 Å². The van der Waals surface area contributed by atoms with Crippen molar-refractivity contribution in [3.8, 4) is 5.75 Å². The van der Waals surface area contributed by atoms with E-state index in [4.69, 9.17) is 4.74 Å². The number of rotatable bonds is 4. The normalized spacial score (nSPS) is 20.4. The lowest BCUT2D eigenvalue weighted by molar-refractivity contribution is -0.146. The fourth-order valence-corrected chi connectivity index (χ4v) is 3.75. The molecule has 0 fully saturated rings. The van der Waals surface area contributed by atoms with Crippen molar-refractivity contribution in [2.24, 2.45) is 11.8 Å². The fourth-order valence-electron chi connectivity index (χ4n) is 3.38. The van der Waals surface area contributed by atoms with Crippen LogP contribution in [0.2, 0.25) is 0 Å². The predicted molar refractivity (Wildman–Crippen MR) is 96.6 cm³/mol. The molecule has 0 bridgehead atoms. The van der Waals surface area contributed by atoms with Crippen molar-refractivity contribution >= 4 is 33.5 Å². The highest BCUT2D eigenvalue weighted by Crippen LogP contribution is 2.44. The summed E-state index contributed by atoms with van der Waals surface area (Å²) in [6.07, 6.45) is 0. The van der Waals surface area contributed by atoms with Crippen LogP contribution in [-0.2, 0) is 9.59 Å². The molecule has 1 aliphatic rings. The Kier molecular flexibility index (Phi) is 4.86. The smallest absolute Gasteiger partial charge is 0.322 e. The second-order valence-electron chi connectivity index (χ2n) is 6.24. The molecule has 0 N–H and O–H groups in total. The number of Topliss-reactive ketones (excluding diaryl/α,β-unsaturated/α-hetero) is 2. The SMILES string of the molecule is CC(=O)[C@@H]1C(=O)Oc2ccc(Br)cc2[C@H]1[C@H](C)C(=O)c1ccccc1. The Morgan fingerprint density at radius 1 is 1.12 bits per heavy atom. The number of carbonyl (C=O) groups excluding carboxylic acids is 3. The maximum Gasteiger partial charge on any atom is 0.322 e. The summed E-state index contributed by atoms with van der Waals surface area (Å²) in [5.74, 6) is -2.67. The van der Waals surface area contributed by atoms with Crippen molar-refractivity contribution in [2.45, 2.75) is 19.8 Å². The average molecular weight is 401 g/mol. The van der Waals surface area contributed by atoms with Gasteiger partial charge in [0.25, 0.3) is 0 Å². The highest BCUT2D eigenvalue weighted by Gasteiger charge is 2.45. The van der Waals surface area contributed by atoms with E-state index in [9.17, 15) is 14.4 Å². The molecule has 2 aromatic rings. The number of hydrogen-bond donors (Lipinski definition) is 0. The van der Waals surface area contributed by atoms with E-state index in [0.717, 1.165) is 4.47 Å². The topological polar surface area (TPSA) is 60.4 Å². The van der Waals surface area contributed by atoms with Crippen molar-refractivity contribution in [3.63, 3.8) is 0 Å². The summed E-state index contributed by atoms with van der Waals surface area (Å²) in [5.41, 5.74) is 1.26. The number of halogens is 1. The van der Waals surface area contributed by atoms with Crippen LogP contribution in [0.4, 0.5) is 0 Å². The maximum atomic E-state index is 12.9. The standard InChI is InChI=1S/C20H17BrO4/c1-11(19(23)13-6-4-3-5-7-13)17-15-10-14(21)8-9-16(15)25-20(24)18(17)12(2)22/h3-11,17-18H,1-2H3/t11-,17+,18-/m0/s1. The van der Waals surface area contributed by atoms with Gasteiger partial charge in [0.1, 0.15) is 17.5 Å². The molecule has 3 atom stereocenters. The molecule has 0 radical (unpaired) electrons. The van der Waals surface area contributed by atoms with E-state index in [1.54, 1.807) is 43.3 Å². The minimum Gasteiger partial charge on any atom is -0.426 e. The van der Waals surface area contributed by atoms with E-state index in [2.05, 4.69) is 15.9 Å². The van der Waals surface area contributed by atoms with Crippen LogP contribution in [0.1, 0.15) is 35.7 Å². The minimum atomic E-state index is -0.982. The van der Waals surface area contributed by atoms with Crippen LogP contribution in [0, 0.1) is 11.8 Å². The van der Waals surface area contributed by atoms with Gasteiger partial charge >= 0.3 is 5.97 Å². The molecule has 0 aromatic heterocycles. The molecule has 0 amide bonds. The van der Waals surface area contributed by atoms with Crippen LogP contribution >= 0.6 is 15.9 Å². The molecule has 0 aliphatic carbocycles. The van der Waals surface area contributed by atoms with Crippen LogP contribution in [-0.4, -0.2) is 17.5 Å². The summed E-state index contributed by atoms with van der Waals surface area (Å²) in [5, 5.41) is 0. The number of ether oxygens (including phenoxy) is 1. The highest BCUT2D eigenvalue weighted by atomic mass is 79.9. The van der Waals surface area contributed by atoms with Gasteiger partial charge in [0.2, 0.25) is 0 Å². The van der Waals surface area contributed by atoms with Gasteiger partial charge in [-0.2, -0.15) is 0 Å². The van der Waals surface area contributed by atoms with Crippen molar-refractivity contribution < 1.29 is 19.1 Å². The first-order valence-corrected chi connectivity index (χ1v) is 8.80. The van der Waals surface area contributed by atoms with Crippen molar-refractivity contribution in [1.82, 2.24) is 0 Å².